The topological polar surface area (TPSA) is 44.8 Å². The Labute approximate surface area is 181 Å². The van der Waals surface area contributed by atoms with Gasteiger partial charge < -0.3 is 19.9 Å². The highest BCUT2D eigenvalue weighted by Crippen LogP contribution is 2.39. The molecule has 30 heavy (non-hydrogen) atoms. The maximum atomic E-state index is 13.1. The van der Waals surface area contributed by atoms with Gasteiger partial charge in [-0.15, -0.1) is 11.3 Å². The molecule has 156 valence electrons. The number of ether oxygens (including phenoxy) is 1. The van der Waals surface area contributed by atoms with Crippen molar-refractivity contribution in [2.75, 3.05) is 55.5 Å². The fourth-order valence-electron chi connectivity index (χ4n) is 3.57. The monoisotopic (exact) mass is 421 g/mol. The van der Waals surface area contributed by atoms with E-state index in [2.05, 4.69) is 33.3 Å². The third-order valence-corrected chi connectivity index (χ3v) is 6.49. The number of carbonyl (C=O) groups is 1. The van der Waals surface area contributed by atoms with Crippen molar-refractivity contribution in [1.29, 1.82) is 0 Å². The molecule has 1 amide bonds. The quantitative estimate of drug-likeness (QED) is 0.638. The highest BCUT2D eigenvalue weighted by molar-refractivity contribution is 7.18. The first-order valence-electron chi connectivity index (χ1n) is 10.1. The number of morpholine rings is 1. The van der Waals surface area contributed by atoms with Gasteiger partial charge in [-0.05, 0) is 42.3 Å². The molecule has 0 radical (unpaired) electrons. The van der Waals surface area contributed by atoms with Crippen molar-refractivity contribution < 1.29 is 9.53 Å². The number of thiophene rings is 1. The highest BCUT2D eigenvalue weighted by atomic mass is 32.1. The maximum Gasteiger partial charge on any atom is 0.265 e. The number of benzene rings is 2. The summed E-state index contributed by atoms with van der Waals surface area (Å²) in [6.45, 7) is 5.13. The Morgan fingerprint density at radius 2 is 1.80 bits per heavy atom. The van der Waals surface area contributed by atoms with Gasteiger partial charge >= 0.3 is 0 Å². The van der Waals surface area contributed by atoms with E-state index in [1.807, 2.05) is 57.4 Å². The van der Waals surface area contributed by atoms with Crippen LogP contribution in [0.5, 0.6) is 0 Å². The lowest BCUT2D eigenvalue weighted by Crippen LogP contribution is -2.35. The summed E-state index contributed by atoms with van der Waals surface area (Å²) in [6, 6.07) is 18.4. The van der Waals surface area contributed by atoms with Gasteiger partial charge in [-0.3, -0.25) is 4.79 Å². The van der Waals surface area contributed by atoms with E-state index in [1.54, 1.807) is 11.3 Å². The van der Waals surface area contributed by atoms with E-state index in [-0.39, 0.29) is 5.91 Å². The molecule has 0 bridgehead atoms. The van der Waals surface area contributed by atoms with Crippen molar-refractivity contribution >= 4 is 33.6 Å². The molecule has 2 heterocycles. The third-order valence-electron chi connectivity index (χ3n) is 5.29. The molecule has 0 saturated carbocycles. The van der Waals surface area contributed by atoms with Crippen LogP contribution >= 0.6 is 11.3 Å². The third kappa shape index (κ3) is 4.35. The molecular formula is C24H27N3O2S. The molecule has 1 aromatic heterocycles. The molecule has 0 aliphatic carbocycles. The zero-order valence-electron chi connectivity index (χ0n) is 17.6. The van der Waals surface area contributed by atoms with Crippen LogP contribution in [0, 0.1) is 6.92 Å². The summed E-state index contributed by atoms with van der Waals surface area (Å²) in [7, 11) is 4.02. The molecule has 1 aliphatic heterocycles. The number of hydrogen-bond acceptors (Lipinski definition) is 5. The van der Waals surface area contributed by atoms with Crippen LogP contribution in [-0.2, 0) is 4.74 Å². The van der Waals surface area contributed by atoms with Gasteiger partial charge in [0.1, 0.15) is 0 Å². The lowest BCUT2D eigenvalue weighted by Gasteiger charge is -2.28. The molecule has 4 rings (SSSR count). The molecule has 1 aliphatic rings. The van der Waals surface area contributed by atoms with E-state index in [0.29, 0.717) is 18.1 Å². The van der Waals surface area contributed by atoms with Crippen molar-refractivity contribution in [2.24, 2.45) is 0 Å². The molecule has 0 atom stereocenters. The van der Waals surface area contributed by atoms with Gasteiger partial charge in [0.15, 0.2) is 0 Å². The molecule has 3 aromatic rings. The minimum absolute atomic E-state index is 0.0719. The predicted octanol–water partition coefficient (Wildman–Crippen LogP) is 4.88. The van der Waals surface area contributed by atoms with Crippen molar-refractivity contribution in [3.05, 3.63) is 65.0 Å². The lowest BCUT2D eigenvalue weighted by atomic mass is 10.1. The number of anilines is 3. The lowest BCUT2D eigenvalue weighted by molar-refractivity contribution is 0.103. The van der Waals surface area contributed by atoms with E-state index >= 15 is 0 Å². The van der Waals surface area contributed by atoms with Gasteiger partial charge in [-0.25, -0.2) is 0 Å². The van der Waals surface area contributed by atoms with Gasteiger partial charge in [0.2, 0.25) is 0 Å². The van der Waals surface area contributed by atoms with Crippen LogP contribution in [0.2, 0.25) is 0 Å². The zero-order chi connectivity index (χ0) is 21.1. The van der Waals surface area contributed by atoms with Gasteiger partial charge in [0, 0.05) is 44.1 Å². The standard InChI is InChI=1S/C24H27N3O2S/c1-17-15-19(26(2)3)9-10-21(17)25-23(28)22-16-20(18-7-5-4-6-8-18)24(30-22)27-11-13-29-14-12-27/h4-10,15-16H,11-14H2,1-3H3,(H,25,28). The van der Waals surface area contributed by atoms with Crippen molar-refractivity contribution in [3.8, 4) is 11.1 Å². The van der Waals surface area contributed by atoms with Crippen molar-refractivity contribution in [3.63, 3.8) is 0 Å². The molecular weight excluding hydrogens is 394 g/mol. The second kappa shape index (κ2) is 8.90. The minimum Gasteiger partial charge on any atom is -0.378 e. The minimum atomic E-state index is -0.0719. The zero-order valence-corrected chi connectivity index (χ0v) is 18.5. The Morgan fingerprint density at radius 1 is 1.07 bits per heavy atom. The Hall–Kier alpha value is -2.83. The van der Waals surface area contributed by atoms with Crippen LogP contribution in [0.25, 0.3) is 11.1 Å². The number of hydrogen-bond donors (Lipinski definition) is 1. The van der Waals surface area contributed by atoms with Crippen molar-refractivity contribution in [1.82, 2.24) is 0 Å². The number of nitrogens with zero attached hydrogens (tertiary/aromatic N) is 2. The fourth-order valence-corrected chi connectivity index (χ4v) is 4.70. The van der Waals surface area contributed by atoms with Crippen molar-refractivity contribution in [2.45, 2.75) is 6.92 Å². The van der Waals surface area contributed by atoms with Gasteiger partial charge in [0.05, 0.1) is 23.1 Å². The Morgan fingerprint density at radius 3 is 2.47 bits per heavy atom. The SMILES string of the molecule is Cc1cc(N(C)C)ccc1NC(=O)c1cc(-c2ccccc2)c(N2CCOCC2)s1. The van der Waals surface area contributed by atoms with E-state index in [1.165, 1.54) is 0 Å². The summed E-state index contributed by atoms with van der Waals surface area (Å²) < 4.78 is 5.52. The first-order valence-corrected chi connectivity index (χ1v) is 11.0. The van der Waals surface area contributed by atoms with Crippen LogP contribution in [0.15, 0.2) is 54.6 Å². The fraction of sp³-hybridized carbons (Fsp3) is 0.292. The summed E-state index contributed by atoms with van der Waals surface area (Å²) in [4.78, 5) is 18.2. The van der Waals surface area contributed by atoms with Crippen LogP contribution in [0.1, 0.15) is 15.2 Å². The average Bonchev–Trinajstić information content (AvgIpc) is 3.22. The molecule has 1 fully saturated rings. The smallest absolute Gasteiger partial charge is 0.265 e. The normalized spacial score (nSPS) is 13.9. The number of rotatable bonds is 5. The van der Waals surface area contributed by atoms with Crippen LogP contribution in [0.3, 0.4) is 0 Å². The molecule has 6 heteroatoms. The largest absolute Gasteiger partial charge is 0.378 e. The van der Waals surface area contributed by atoms with Gasteiger partial charge in [0.25, 0.3) is 5.91 Å². The summed E-state index contributed by atoms with van der Waals surface area (Å²) in [6.07, 6.45) is 0. The number of amides is 1. The number of nitrogens with one attached hydrogen (secondary N) is 1. The van der Waals surface area contributed by atoms with Crippen LogP contribution < -0.4 is 15.1 Å². The molecule has 5 nitrogen and oxygen atoms in total. The number of carbonyl (C=O) groups excluding carboxylic acids is 1. The average molecular weight is 422 g/mol. The first-order chi connectivity index (χ1) is 14.5. The second-order valence-corrected chi connectivity index (χ2v) is 8.67. The summed E-state index contributed by atoms with van der Waals surface area (Å²) in [5.41, 5.74) is 5.23. The van der Waals surface area contributed by atoms with Crippen LogP contribution in [-0.4, -0.2) is 46.3 Å². The molecule has 1 saturated heterocycles. The summed E-state index contributed by atoms with van der Waals surface area (Å²) in [5, 5.41) is 4.23. The van der Waals surface area contributed by atoms with Gasteiger partial charge in [-0.2, -0.15) is 0 Å². The number of aryl methyl sites for hydroxylation is 1. The molecule has 2 aromatic carbocycles. The summed E-state index contributed by atoms with van der Waals surface area (Å²) >= 11 is 1.55. The van der Waals surface area contributed by atoms with E-state index in [0.717, 1.165) is 46.2 Å². The first kappa shape index (κ1) is 20.4. The molecule has 0 unspecified atom stereocenters. The van der Waals surface area contributed by atoms with Crippen LogP contribution in [0.4, 0.5) is 16.4 Å². The highest BCUT2D eigenvalue weighted by Gasteiger charge is 2.22. The second-order valence-electron chi connectivity index (χ2n) is 7.64. The van der Waals surface area contributed by atoms with E-state index in [4.69, 9.17) is 4.74 Å². The Kier molecular flexibility index (Phi) is 6.06. The van der Waals surface area contributed by atoms with E-state index in [9.17, 15) is 4.79 Å². The maximum absolute atomic E-state index is 13.1. The summed E-state index contributed by atoms with van der Waals surface area (Å²) in [5.74, 6) is -0.0719. The molecule has 0 spiro atoms. The Balaban J connectivity index is 1.64. The molecule has 1 N–H and O–H groups in total. The predicted molar refractivity (Wildman–Crippen MR) is 126 cm³/mol. The van der Waals surface area contributed by atoms with Gasteiger partial charge in [-0.1, -0.05) is 30.3 Å². The van der Waals surface area contributed by atoms with E-state index < -0.39 is 0 Å². The Bertz CT molecular complexity index is 1020.